The Kier molecular flexibility index (Phi) is 5.68. The van der Waals surface area contributed by atoms with E-state index < -0.39 is 35.9 Å². The lowest BCUT2D eigenvalue weighted by Gasteiger charge is -2.08. The van der Waals surface area contributed by atoms with Crippen LogP contribution in [0.25, 0.3) is 22.4 Å². The maximum Gasteiger partial charge on any atom is 0.490 e. The first kappa shape index (κ1) is 22.8. The average molecular weight is 480 g/mol. The maximum atomic E-state index is 13.2. The molecular formula is C19H16BF3N4O5S. The van der Waals surface area contributed by atoms with Gasteiger partial charge in [-0.1, -0.05) is 22.8 Å². The second-order valence-electron chi connectivity index (χ2n) is 7.19. The fourth-order valence-corrected chi connectivity index (χ4v) is 4.55. The molecule has 14 heteroatoms. The minimum absolute atomic E-state index is 0.00494. The molecule has 0 aliphatic heterocycles. The van der Waals surface area contributed by atoms with Gasteiger partial charge in [0.25, 0.3) is 10.0 Å². The van der Waals surface area contributed by atoms with Crippen LogP contribution in [0, 0.1) is 6.92 Å². The number of alkyl halides is 3. The zero-order valence-electron chi connectivity index (χ0n) is 16.9. The van der Waals surface area contributed by atoms with Crippen LogP contribution >= 0.6 is 0 Å². The summed E-state index contributed by atoms with van der Waals surface area (Å²) < 4.78 is 69.5. The highest BCUT2D eigenvalue weighted by Gasteiger charge is 2.28. The van der Waals surface area contributed by atoms with Gasteiger partial charge in [-0.05, 0) is 37.3 Å². The predicted octanol–water partition coefficient (Wildman–Crippen LogP) is 1.89. The number of anilines is 1. The molecule has 172 valence electrons. The van der Waals surface area contributed by atoms with Crippen LogP contribution in [0.4, 0.5) is 19.2 Å². The van der Waals surface area contributed by atoms with Gasteiger partial charge in [0.2, 0.25) is 5.89 Å². The molecule has 0 aliphatic carbocycles. The Hall–Kier alpha value is -3.36. The summed E-state index contributed by atoms with van der Waals surface area (Å²) in [5, 5.41) is 28.9. The maximum absolute atomic E-state index is 13.2. The zero-order chi connectivity index (χ0) is 24.0. The van der Waals surface area contributed by atoms with Crippen LogP contribution in [0.2, 0.25) is 0 Å². The van der Waals surface area contributed by atoms with Crippen molar-refractivity contribution in [2.75, 3.05) is 11.9 Å². The summed E-state index contributed by atoms with van der Waals surface area (Å²) >= 11 is 0. The number of nitrogens with one attached hydrogen (secondary N) is 1. The molecule has 33 heavy (non-hydrogen) atoms. The van der Waals surface area contributed by atoms with Crippen LogP contribution in [-0.2, 0) is 10.0 Å². The molecule has 0 bridgehead atoms. The summed E-state index contributed by atoms with van der Waals surface area (Å²) in [5.41, 5.74) is 1.16. The third kappa shape index (κ3) is 4.58. The zero-order valence-corrected chi connectivity index (χ0v) is 17.7. The van der Waals surface area contributed by atoms with Gasteiger partial charge in [-0.15, -0.1) is 5.10 Å². The largest absolute Gasteiger partial charge is 0.490 e. The van der Waals surface area contributed by atoms with Gasteiger partial charge in [0.05, 0.1) is 10.4 Å². The quantitative estimate of drug-likeness (QED) is 0.357. The number of rotatable bonds is 6. The molecule has 0 saturated carbocycles. The van der Waals surface area contributed by atoms with Gasteiger partial charge in [-0.25, -0.2) is 12.4 Å². The summed E-state index contributed by atoms with van der Waals surface area (Å²) in [7, 11) is -6.06. The first-order valence-corrected chi connectivity index (χ1v) is 10.9. The van der Waals surface area contributed by atoms with Crippen LogP contribution < -0.4 is 10.8 Å². The van der Waals surface area contributed by atoms with Crippen molar-refractivity contribution in [2.45, 2.75) is 18.0 Å². The molecule has 0 amide bonds. The number of halogens is 3. The second-order valence-corrected chi connectivity index (χ2v) is 9.00. The molecule has 0 fully saturated rings. The molecular weight excluding hydrogens is 464 g/mol. The van der Waals surface area contributed by atoms with E-state index in [1.165, 1.54) is 30.3 Å². The van der Waals surface area contributed by atoms with Crippen LogP contribution in [0.1, 0.15) is 5.56 Å². The molecule has 0 spiro atoms. The van der Waals surface area contributed by atoms with Crippen LogP contribution in [0.15, 0.2) is 58.0 Å². The lowest BCUT2D eigenvalue weighted by atomic mass is 9.80. The second kappa shape index (κ2) is 8.21. The highest BCUT2D eigenvalue weighted by Crippen LogP contribution is 2.27. The molecule has 2 aromatic carbocycles. The van der Waals surface area contributed by atoms with Crippen molar-refractivity contribution in [1.82, 2.24) is 14.2 Å². The summed E-state index contributed by atoms with van der Waals surface area (Å²) in [6.07, 6.45) is -3.38. The molecule has 2 aromatic heterocycles. The number of nitrogens with zero attached hydrogens (tertiary/aromatic N) is 3. The van der Waals surface area contributed by atoms with Crippen LogP contribution in [0.5, 0.6) is 0 Å². The van der Waals surface area contributed by atoms with Gasteiger partial charge in [0, 0.05) is 22.6 Å². The Morgan fingerprint density at radius 1 is 1.12 bits per heavy atom. The van der Waals surface area contributed by atoms with E-state index in [2.05, 4.69) is 10.2 Å². The molecule has 0 atom stereocenters. The summed E-state index contributed by atoms with van der Waals surface area (Å²) in [6.45, 7) is 0.443. The van der Waals surface area contributed by atoms with E-state index in [-0.39, 0.29) is 32.7 Å². The van der Waals surface area contributed by atoms with E-state index in [0.29, 0.717) is 0 Å². The number of hydrogen-bond donors (Lipinski definition) is 3. The van der Waals surface area contributed by atoms with E-state index in [1.807, 2.05) is 12.2 Å². The SMILES string of the molecule is Cc1ccc(S(=O)(=O)n2cc(B(O)O)c3cc(-c4nnc(NCC(F)(F)F)o4)ccc32)cc1. The number of benzene rings is 2. The Balaban J connectivity index is 1.77. The van der Waals surface area contributed by atoms with Crippen molar-refractivity contribution in [3.05, 3.63) is 54.2 Å². The third-order valence-electron chi connectivity index (χ3n) is 4.77. The Labute approximate surface area is 185 Å². The molecule has 3 N–H and O–H groups in total. The first-order chi connectivity index (χ1) is 15.5. The lowest BCUT2D eigenvalue weighted by Crippen LogP contribution is -2.29. The van der Waals surface area contributed by atoms with Crippen molar-refractivity contribution >= 4 is 39.5 Å². The number of hydrogen-bond acceptors (Lipinski definition) is 8. The molecule has 0 saturated heterocycles. The van der Waals surface area contributed by atoms with Crippen molar-refractivity contribution in [3.63, 3.8) is 0 Å². The molecule has 0 radical (unpaired) electrons. The predicted molar refractivity (Wildman–Crippen MR) is 113 cm³/mol. The van der Waals surface area contributed by atoms with Gasteiger partial charge in [0.15, 0.2) is 0 Å². The van der Waals surface area contributed by atoms with E-state index in [1.54, 1.807) is 12.1 Å². The van der Waals surface area contributed by atoms with Gasteiger partial charge < -0.3 is 19.8 Å². The number of fused-ring (bicyclic) bond motifs is 1. The van der Waals surface area contributed by atoms with E-state index in [0.717, 1.165) is 15.7 Å². The summed E-state index contributed by atoms with van der Waals surface area (Å²) in [5.74, 6) is -0.144. The smallest absolute Gasteiger partial charge is 0.423 e. The average Bonchev–Trinajstić information content (AvgIpc) is 3.37. The fourth-order valence-electron chi connectivity index (χ4n) is 3.17. The molecule has 4 aromatic rings. The van der Waals surface area contributed by atoms with E-state index >= 15 is 0 Å². The molecule has 9 nitrogen and oxygen atoms in total. The van der Waals surface area contributed by atoms with Crippen molar-refractivity contribution in [3.8, 4) is 11.5 Å². The molecule has 0 unspecified atom stereocenters. The third-order valence-corrected chi connectivity index (χ3v) is 6.46. The highest BCUT2D eigenvalue weighted by molar-refractivity contribution is 7.90. The van der Waals surface area contributed by atoms with E-state index in [9.17, 15) is 31.6 Å². The number of aromatic nitrogens is 3. The monoisotopic (exact) mass is 480 g/mol. The van der Waals surface area contributed by atoms with Gasteiger partial charge in [-0.3, -0.25) is 0 Å². The standard InChI is InChI=1S/C19H16BF3N4O5S/c1-11-2-5-13(6-3-11)33(30,31)27-9-15(20(28)29)14-8-12(4-7-16(14)27)17-25-26-18(32-17)24-10-19(21,22)23/h2-9,28-29H,10H2,1H3,(H,24,26). The van der Waals surface area contributed by atoms with Crippen LogP contribution in [0.3, 0.4) is 0 Å². The number of aryl methyl sites for hydroxylation is 1. The van der Waals surface area contributed by atoms with Gasteiger partial charge in [-0.2, -0.15) is 13.2 Å². The first-order valence-electron chi connectivity index (χ1n) is 9.43. The summed E-state index contributed by atoms with van der Waals surface area (Å²) in [4.78, 5) is 0.00494. The van der Waals surface area contributed by atoms with Gasteiger partial charge >= 0.3 is 19.3 Å². The van der Waals surface area contributed by atoms with Crippen LogP contribution in [-0.4, -0.2) is 52.5 Å². The molecule has 2 heterocycles. The lowest BCUT2D eigenvalue weighted by molar-refractivity contribution is -0.115. The van der Waals surface area contributed by atoms with Crippen molar-refractivity contribution in [2.24, 2.45) is 0 Å². The molecule has 0 aliphatic rings. The Bertz CT molecular complexity index is 1420. The Morgan fingerprint density at radius 3 is 2.45 bits per heavy atom. The van der Waals surface area contributed by atoms with E-state index in [4.69, 9.17) is 4.42 Å². The fraction of sp³-hybridized carbons (Fsp3) is 0.158. The molecule has 4 rings (SSSR count). The Morgan fingerprint density at radius 2 is 1.82 bits per heavy atom. The normalized spacial score (nSPS) is 12.3. The van der Waals surface area contributed by atoms with Gasteiger partial charge in [0.1, 0.15) is 6.54 Å². The summed E-state index contributed by atoms with van der Waals surface area (Å²) in [6, 6.07) is 9.91. The minimum Gasteiger partial charge on any atom is -0.423 e. The van der Waals surface area contributed by atoms with Crippen molar-refractivity contribution < 1.29 is 36.1 Å². The topological polar surface area (TPSA) is 130 Å². The minimum atomic E-state index is -4.48. The highest BCUT2D eigenvalue weighted by atomic mass is 32.2. The van der Waals surface area contributed by atoms with Crippen molar-refractivity contribution in [1.29, 1.82) is 0 Å².